The molecule has 0 heterocycles. The lowest BCUT2D eigenvalue weighted by atomic mass is 10.2. The molecule has 0 aromatic heterocycles. The van der Waals surface area contributed by atoms with E-state index in [-0.39, 0.29) is 5.75 Å². The van der Waals surface area contributed by atoms with Gasteiger partial charge in [0, 0.05) is 11.8 Å². The summed E-state index contributed by atoms with van der Waals surface area (Å²) in [6.07, 6.45) is 1.78. The number of phenolic OH excluding ortho intramolecular Hbond substituents is 1. The molecule has 0 unspecified atom stereocenters. The van der Waals surface area contributed by atoms with Gasteiger partial charge in [-0.2, -0.15) is 0 Å². The van der Waals surface area contributed by atoms with Crippen molar-refractivity contribution < 1.29 is 24.2 Å². The molecule has 1 atom stereocenters. The summed E-state index contributed by atoms with van der Waals surface area (Å²) in [5.41, 5.74) is 2.30. The van der Waals surface area contributed by atoms with E-state index < -0.39 is 18.0 Å². The number of benzene rings is 2. The van der Waals surface area contributed by atoms with E-state index in [4.69, 9.17) is 9.47 Å². The van der Waals surface area contributed by atoms with E-state index in [9.17, 15) is 14.7 Å². The second kappa shape index (κ2) is 8.71. The number of anilines is 1. The quantitative estimate of drug-likeness (QED) is 0.613. The number of carbonyl (C=O) groups is 2. The predicted molar refractivity (Wildman–Crippen MR) is 99.1 cm³/mol. The molecule has 0 bridgehead atoms. The number of aryl methyl sites for hydroxylation is 1. The molecule has 0 aliphatic carbocycles. The minimum absolute atomic E-state index is 0.00803. The Morgan fingerprint density at radius 2 is 1.96 bits per heavy atom. The fourth-order valence-electron chi connectivity index (χ4n) is 2.20. The highest BCUT2D eigenvalue weighted by atomic mass is 16.5. The first-order valence-corrected chi connectivity index (χ1v) is 8.02. The van der Waals surface area contributed by atoms with Gasteiger partial charge in [0.15, 0.2) is 17.6 Å². The first-order valence-electron chi connectivity index (χ1n) is 8.02. The summed E-state index contributed by atoms with van der Waals surface area (Å²) in [5, 5.41) is 12.2. The molecule has 6 nitrogen and oxygen atoms in total. The summed E-state index contributed by atoms with van der Waals surface area (Å²) in [4.78, 5) is 24.0. The third kappa shape index (κ3) is 5.37. The van der Waals surface area contributed by atoms with Crippen molar-refractivity contribution in [2.45, 2.75) is 20.0 Å². The highest BCUT2D eigenvalue weighted by Crippen LogP contribution is 2.26. The zero-order chi connectivity index (χ0) is 19.1. The van der Waals surface area contributed by atoms with Gasteiger partial charge >= 0.3 is 5.97 Å². The zero-order valence-electron chi connectivity index (χ0n) is 14.9. The molecule has 0 fully saturated rings. The SMILES string of the molecule is COc1cc(/C=C/C(=O)O[C@H](C)C(=O)Nc2cccc(C)c2)ccc1O. The van der Waals surface area contributed by atoms with Gasteiger partial charge in [0.2, 0.25) is 0 Å². The predicted octanol–water partition coefficient (Wildman–Crippen LogP) is 3.29. The minimum Gasteiger partial charge on any atom is -0.504 e. The second-order valence-corrected chi connectivity index (χ2v) is 5.70. The molecule has 2 N–H and O–H groups in total. The van der Waals surface area contributed by atoms with Crippen LogP contribution in [-0.4, -0.2) is 30.2 Å². The highest BCUT2D eigenvalue weighted by Gasteiger charge is 2.16. The Bertz CT molecular complexity index is 829. The van der Waals surface area contributed by atoms with Crippen LogP contribution in [0.2, 0.25) is 0 Å². The largest absolute Gasteiger partial charge is 0.504 e. The molecule has 0 saturated heterocycles. The molecule has 0 spiro atoms. The van der Waals surface area contributed by atoms with Crippen LogP contribution in [0.25, 0.3) is 6.08 Å². The lowest BCUT2D eigenvalue weighted by Crippen LogP contribution is -2.29. The zero-order valence-corrected chi connectivity index (χ0v) is 14.9. The van der Waals surface area contributed by atoms with Crippen molar-refractivity contribution in [3.8, 4) is 11.5 Å². The van der Waals surface area contributed by atoms with E-state index >= 15 is 0 Å². The van der Waals surface area contributed by atoms with Crippen molar-refractivity contribution in [1.82, 2.24) is 0 Å². The maximum atomic E-state index is 12.1. The van der Waals surface area contributed by atoms with Crippen LogP contribution < -0.4 is 10.1 Å². The molecule has 2 aromatic carbocycles. The van der Waals surface area contributed by atoms with Crippen LogP contribution in [0.5, 0.6) is 11.5 Å². The number of phenols is 1. The second-order valence-electron chi connectivity index (χ2n) is 5.70. The first kappa shape index (κ1) is 19.1. The standard InChI is InChI=1S/C20H21NO5/c1-13-5-4-6-16(11-13)21-20(24)14(2)26-19(23)10-8-15-7-9-17(22)18(12-15)25-3/h4-12,14,22H,1-3H3,(H,21,24)/b10-8+/t14-/m1/s1. The van der Waals surface area contributed by atoms with Gasteiger partial charge in [-0.1, -0.05) is 18.2 Å². The van der Waals surface area contributed by atoms with E-state index in [0.29, 0.717) is 17.0 Å². The van der Waals surface area contributed by atoms with Gasteiger partial charge in [0.25, 0.3) is 5.91 Å². The average molecular weight is 355 g/mol. The van der Waals surface area contributed by atoms with Crippen LogP contribution >= 0.6 is 0 Å². The summed E-state index contributed by atoms with van der Waals surface area (Å²) >= 11 is 0. The average Bonchev–Trinajstić information content (AvgIpc) is 2.61. The Morgan fingerprint density at radius 1 is 1.19 bits per heavy atom. The number of ether oxygens (including phenoxy) is 2. The van der Waals surface area contributed by atoms with E-state index in [2.05, 4.69) is 5.32 Å². The molecule has 0 aliphatic heterocycles. The molecular weight excluding hydrogens is 334 g/mol. The Labute approximate surface area is 152 Å². The molecule has 0 aliphatic rings. The van der Waals surface area contributed by atoms with Crippen LogP contribution in [0.4, 0.5) is 5.69 Å². The van der Waals surface area contributed by atoms with Gasteiger partial charge in [-0.25, -0.2) is 4.79 Å². The minimum atomic E-state index is -0.943. The molecular formula is C20H21NO5. The lowest BCUT2D eigenvalue weighted by Gasteiger charge is -2.12. The van der Waals surface area contributed by atoms with Crippen LogP contribution in [-0.2, 0) is 14.3 Å². The number of hydrogen-bond acceptors (Lipinski definition) is 5. The van der Waals surface area contributed by atoms with Gasteiger partial charge in [0.05, 0.1) is 7.11 Å². The van der Waals surface area contributed by atoms with Crippen molar-refractivity contribution in [3.05, 3.63) is 59.7 Å². The highest BCUT2D eigenvalue weighted by molar-refractivity contribution is 5.96. The fraction of sp³-hybridized carbons (Fsp3) is 0.200. The first-order chi connectivity index (χ1) is 12.4. The smallest absolute Gasteiger partial charge is 0.331 e. The van der Waals surface area contributed by atoms with E-state index in [1.54, 1.807) is 18.2 Å². The normalized spacial score (nSPS) is 11.8. The number of aromatic hydroxyl groups is 1. The maximum Gasteiger partial charge on any atom is 0.331 e. The Hall–Kier alpha value is -3.28. The van der Waals surface area contributed by atoms with Crippen molar-refractivity contribution in [2.75, 3.05) is 12.4 Å². The number of esters is 1. The van der Waals surface area contributed by atoms with Crippen LogP contribution in [0.15, 0.2) is 48.5 Å². The van der Waals surface area contributed by atoms with Crippen molar-refractivity contribution in [1.29, 1.82) is 0 Å². The molecule has 0 saturated carbocycles. The van der Waals surface area contributed by atoms with E-state index in [1.165, 1.54) is 32.3 Å². The summed E-state index contributed by atoms with van der Waals surface area (Å²) < 4.78 is 10.1. The molecule has 26 heavy (non-hydrogen) atoms. The molecule has 6 heteroatoms. The summed E-state index contributed by atoms with van der Waals surface area (Å²) in [6.45, 7) is 3.42. The van der Waals surface area contributed by atoms with Gasteiger partial charge in [-0.15, -0.1) is 0 Å². The van der Waals surface area contributed by atoms with Crippen LogP contribution in [0, 0.1) is 6.92 Å². The molecule has 2 rings (SSSR count). The summed E-state index contributed by atoms with van der Waals surface area (Å²) in [6, 6.07) is 12.0. The summed E-state index contributed by atoms with van der Waals surface area (Å²) in [7, 11) is 1.44. The Balaban J connectivity index is 1.92. The third-order valence-corrected chi connectivity index (χ3v) is 3.56. The van der Waals surface area contributed by atoms with Gasteiger partial charge in [-0.3, -0.25) is 4.79 Å². The number of methoxy groups -OCH3 is 1. The molecule has 0 radical (unpaired) electrons. The van der Waals surface area contributed by atoms with Gasteiger partial charge in [-0.05, 0) is 55.3 Å². The van der Waals surface area contributed by atoms with Gasteiger partial charge < -0.3 is 19.9 Å². The number of hydrogen-bond donors (Lipinski definition) is 2. The van der Waals surface area contributed by atoms with Crippen molar-refractivity contribution in [2.24, 2.45) is 0 Å². The number of carbonyl (C=O) groups excluding carboxylic acids is 2. The lowest BCUT2D eigenvalue weighted by molar-refractivity contribution is -0.148. The van der Waals surface area contributed by atoms with Crippen LogP contribution in [0.1, 0.15) is 18.1 Å². The summed E-state index contributed by atoms with van der Waals surface area (Å²) in [5.74, 6) is -0.757. The topological polar surface area (TPSA) is 84.9 Å². The third-order valence-electron chi connectivity index (χ3n) is 3.56. The van der Waals surface area contributed by atoms with Crippen molar-refractivity contribution in [3.63, 3.8) is 0 Å². The monoisotopic (exact) mass is 355 g/mol. The van der Waals surface area contributed by atoms with E-state index in [0.717, 1.165) is 5.56 Å². The Morgan fingerprint density at radius 3 is 2.65 bits per heavy atom. The van der Waals surface area contributed by atoms with Crippen molar-refractivity contribution >= 4 is 23.6 Å². The molecule has 1 amide bonds. The van der Waals surface area contributed by atoms with Crippen LogP contribution in [0.3, 0.4) is 0 Å². The molecule has 2 aromatic rings. The number of nitrogens with one attached hydrogen (secondary N) is 1. The molecule has 136 valence electrons. The van der Waals surface area contributed by atoms with Gasteiger partial charge in [0.1, 0.15) is 0 Å². The van der Waals surface area contributed by atoms with E-state index in [1.807, 2.05) is 25.1 Å². The Kier molecular flexibility index (Phi) is 6.38. The fourth-order valence-corrected chi connectivity index (χ4v) is 2.20. The maximum absolute atomic E-state index is 12.1. The number of rotatable bonds is 6. The number of amides is 1.